The first kappa shape index (κ1) is 16.6. The van der Waals surface area contributed by atoms with Gasteiger partial charge in [0.05, 0.1) is 11.7 Å². The van der Waals surface area contributed by atoms with Crippen molar-refractivity contribution in [2.24, 2.45) is 7.05 Å². The normalized spacial score (nSPS) is 12.6. The SMILES string of the molecule is CCCNC(CCc1nccn1C)c1ncc(Br)cc1Br. The van der Waals surface area contributed by atoms with Gasteiger partial charge in [0, 0.05) is 41.0 Å². The maximum absolute atomic E-state index is 4.57. The predicted octanol–water partition coefficient (Wildman–Crippen LogP) is 4.01. The van der Waals surface area contributed by atoms with Crippen LogP contribution in [0.1, 0.15) is 37.3 Å². The van der Waals surface area contributed by atoms with Crippen molar-refractivity contribution in [2.45, 2.75) is 32.2 Å². The second-order valence-corrected chi connectivity index (χ2v) is 6.79. The average Bonchev–Trinajstić information content (AvgIpc) is 2.85. The van der Waals surface area contributed by atoms with Crippen LogP contribution in [0.15, 0.2) is 33.6 Å². The number of rotatable bonds is 7. The van der Waals surface area contributed by atoms with E-state index in [-0.39, 0.29) is 6.04 Å². The molecule has 2 heterocycles. The van der Waals surface area contributed by atoms with Crippen LogP contribution in [0.25, 0.3) is 0 Å². The summed E-state index contributed by atoms with van der Waals surface area (Å²) in [6.45, 7) is 3.16. The van der Waals surface area contributed by atoms with E-state index in [1.165, 1.54) is 0 Å². The van der Waals surface area contributed by atoms with Crippen LogP contribution < -0.4 is 5.32 Å². The van der Waals surface area contributed by atoms with Gasteiger partial charge < -0.3 is 9.88 Å². The zero-order valence-corrected chi connectivity index (χ0v) is 15.5. The van der Waals surface area contributed by atoms with Crippen LogP contribution in [0.5, 0.6) is 0 Å². The van der Waals surface area contributed by atoms with Gasteiger partial charge in [-0.15, -0.1) is 0 Å². The molecule has 0 aliphatic carbocycles. The molecular weight excluding hydrogens is 396 g/mol. The second kappa shape index (κ2) is 8.06. The summed E-state index contributed by atoms with van der Waals surface area (Å²) in [6, 6.07) is 2.27. The average molecular weight is 416 g/mol. The monoisotopic (exact) mass is 414 g/mol. The van der Waals surface area contributed by atoms with Crippen LogP contribution in [0.2, 0.25) is 0 Å². The van der Waals surface area contributed by atoms with Gasteiger partial charge >= 0.3 is 0 Å². The summed E-state index contributed by atoms with van der Waals surface area (Å²) in [7, 11) is 2.03. The highest BCUT2D eigenvalue weighted by Gasteiger charge is 2.16. The van der Waals surface area contributed by atoms with Gasteiger partial charge in [-0.1, -0.05) is 6.92 Å². The number of nitrogens with zero attached hydrogens (tertiary/aromatic N) is 3. The molecule has 6 heteroatoms. The number of hydrogen-bond acceptors (Lipinski definition) is 3. The number of halogens is 2. The highest BCUT2D eigenvalue weighted by molar-refractivity contribution is 9.11. The molecule has 0 bridgehead atoms. The number of nitrogens with one attached hydrogen (secondary N) is 1. The lowest BCUT2D eigenvalue weighted by Crippen LogP contribution is -2.24. The quantitative estimate of drug-likeness (QED) is 0.742. The number of aryl methyl sites for hydroxylation is 2. The van der Waals surface area contributed by atoms with Gasteiger partial charge in [0.2, 0.25) is 0 Å². The summed E-state index contributed by atoms with van der Waals surface area (Å²) < 4.78 is 4.09. The van der Waals surface area contributed by atoms with Gasteiger partial charge in [0.15, 0.2) is 0 Å². The third-order valence-electron chi connectivity index (χ3n) is 3.38. The molecule has 1 atom stereocenters. The summed E-state index contributed by atoms with van der Waals surface area (Å²) in [5, 5.41) is 3.58. The standard InChI is InChI=1S/C15H20Br2N4/c1-3-6-18-13(4-5-14-19-7-8-21(14)2)15-12(17)9-11(16)10-20-15/h7-10,13,18H,3-6H2,1-2H3. The molecule has 1 N–H and O–H groups in total. The Bertz CT molecular complexity index is 583. The summed E-state index contributed by atoms with van der Waals surface area (Å²) in [6.07, 6.45) is 8.68. The lowest BCUT2D eigenvalue weighted by molar-refractivity contribution is 0.479. The fourth-order valence-corrected chi connectivity index (χ4v) is 3.51. The largest absolute Gasteiger partial charge is 0.338 e. The molecular formula is C15H20Br2N4. The highest BCUT2D eigenvalue weighted by atomic mass is 79.9. The maximum atomic E-state index is 4.57. The first-order valence-electron chi connectivity index (χ1n) is 7.12. The third kappa shape index (κ3) is 4.63. The van der Waals surface area contributed by atoms with Gasteiger partial charge in [-0.3, -0.25) is 4.98 Å². The van der Waals surface area contributed by atoms with E-state index in [0.29, 0.717) is 0 Å². The maximum Gasteiger partial charge on any atom is 0.108 e. The molecule has 0 spiro atoms. The van der Waals surface area contributed by atoms with Crippen molar-refractivity contribution in [3.63, 3.8) is 0 Å². The van der Waals surface area contributed by atoms with Crippen molar-refractivity contribution in [3.8, 4) is 0 Å². The van der Waals surface area contributed by atoms with Crippen LogP contribution in [-0.2, 0) is 13.5 Å². The molecule has 21 heavy (non-hydrogen) atoms. The molecule has 0 aromatic carbocycles. The summed E-state index contributed by atoms with van der Waals surface area (Å²) in [4.78, 5) is 8.96. The molecule has 1 unspecified atom stereocenters. The van der Waals surface area contributed by atoms with Gasteiger partial charge in [-0.25, -0.2) is 4.98 Å². The molecule has 2 rings (SSSR count). The smallest absolute Gasteiger partial charge is 0.108 e. The zero-order valence-electron chi connectivity index (χ0n) is 12.3. The Morgan fingerprint density at radius 2 is 2.14 bits per heavy atom. The summed E-state index contributed by atoms with van der Waals surface area (Å²) >= 11 is 7.07. The predicted molar refractivity (Wildman–Crippen MR) is 92.2 cm³/mol. The Balaban J connectivity index is 2.12. The minimum atomic E-state index is 0.226. The van der Waals surface area contributed by atoms with Crippen molar-refractivity contribution >= 4 is 31.9 Å². The molecule has 0 aliphatic heterocycles. The van der Waals surface area contributed by atoms with Gasteiger partial charge in [0.1, 0.15) is 5.82 Å². The Morgan fingerprint density at radius 1 is 1.33 bits per heavy atom. The lowest BCUT2D eigenvalue weighted by Gasteiger charge is -2.19. The van der Waals surface area contributed by atoms with E-state index < -0.39 is 0 Å². The fourth-order valence-electron chi connectivity index (χ4n) is 2.25. The van der Waals surface area contributed by atoms with Crippen LogP contribution >= 0.6 is 31.9 Å². The first-order valence-corrected chi connectivity index (χ1v) is 8.71. The Kier molecular flexibility index (Phi) is 6.39. The molecule has 0 aliphatic rings. The van der Waals surface area contributed by atoms with Gasteiger partial charge in [0.25, 0.3) is 0 Å². The topological polar surface area (TPSA) is 42.7 Å². The molecule has 2 aromatic rings. The van der Waals surface area contributed by atoms with Crippen molar-refractivity contribution < 1.29 is 0 Å². The Hall–Kier alpha value is -0.720. The number of aromatic nitrogens is 3. The van der Waals surface area contributed by atoms with Crippen molar-refractivity contribution in [1.29, 1.82) is 0 Å². The van der Waals surface area contributed by atoms with Crippen LogP contribution in [0.4, 0.5) is 0 Å². The molecule has 0 amide bonds. The molecule has 0 radical (unpaired) electrons. The van der Waals surface area contributed by atoms with E-state index in [1.807, 2.05) is 31.7 Å². The lowest BCUT2D eigenvalue weighted by atomic mass is 10.1. The fraction of sp³-hybridized carbons (Fsp3) is 0.467. The number of pyridine rings is 1. The Labute approximate surface area is 142 Å². The minimum absolute atomic E-state index is 0.226. The third-order valence-corrected chi connectivity index (χ3v) is 4.45. The van der Waals surface area contributed by atoms with E-state index in [1.54, 1.807) is 0 Å². The number of hydrogen-bond donors (Lipinski definition) is 1. The molecule has 4 nitrogen and oxygen atoms in total. The van der Waals surface area contributed by atoms with E-state index >= 15 is 0 Å². The highest BCUT2D eigenvalue weighted by Crippen LogP contribution is 2.27. The summed E-state index contributed by atoms with van der Waals surface area (Å²) in [5.74, 6) is 1.10. The van der Waals surface area contributed by atoms with E-state index in [2.05, 4.69) is 58.6 Å². The van der Waals surface area contributed by atoms with Crippen molar-refractivity contribution in [3.05, 3.63) is 45.1 Å². The van der Waals surface area contributed by atoms with E-state index in [0.717, 1.165) is 46.3 Å². The van der Waals surface area contributed by atoms with E-state index in [9.17, 15) is 0 Å². The van der Waals surface area contributed by atoms with Crippen molar-refractivity contribution in [1.82, 2.24) is 19.9 Å². The summed E-state index contributed by atoms with van der Waals surface area (Å²) in [5.41, 5.74) is 1.06. The first-order chi connectivity index (χ1) is 10.1. The molecule has 0 saturated heterocycles. The van der Waals surface area contributed by atoms with Crippen molar-refractivity contribution in [2.75, 3.05) is 6.54 Å². The second-order valence-electron chi connectivity index (χ2n) is 5.02. The zero-order chi connectivity index (χ0) is 15.2. The Morgan fingerprint density at radius 3 is 2.76 bits per heavy atom. The van der Waals surface area contributed by atoms with Crippen LogP contribution in [0, 0.1) is 0 Å². The molecule has 0 saturated carbocycles. The molecule has 2 aromatic heterocycles. The van der Waals surface area contributed by atoms with Crippen LogP contribution in [-0.4, -0.2) is 21.1 Å². The van der Waals surface area contributed by atoms with Gasteiger partial charge in [-0.2, -0.15) is 0 Å². The van der Waals surface area contributed by atoms with Crippen LogP contribution in [0.3, 0.4) is 0 Å². The molecule has 0 fully saturated rings. The molecule has 114 valence electrons. The minimum Gasteiger partial charge on any atom is -0.338 e. The van der Waals surface area contributed by atoms with E-state index in [4.69, 9.17) is 0 Å². The van der Waals surface area contributed by atoms with Gasteiger partial charge in [-0.05, 0) is 57.3 Å². The number of imidazole rings is 1.